The fourth-order valence-electron chi connectivity index (χ4n) is 1.49. The first-order chi connectivity index (χ1) is 8.68. The van der Waals surface area contributed by atoms with Crippen LogP contribution in [0.25, 0.3) is 0 Å². The van der Waals surface area contributed by atoms with Crippen LogP contribution in [0.2, 0.25) is 15.1 Å². The van der Waals surface area contributed by atoms with Crippen molar-refractivity contribution in [3.63, 3.8) is 0 Å². The molecule has 0 spiro atoms. The lowest BCUT2D eigenvalue weighted by Gasteiger charge is -2.11. The number of rotatable bonds is 4. The van der Waals surface area contributed by atoms with E-state index in [1.165, 1.54) is 0 Å². The van der Waals surface area contributed by atoms with Gasteiger partial charge in [0.2, 0.25) is 0 Å². The van der Waals surface area contributed by atoms with Crippen LogP contribution in [0.5, 0.6) is 0 Å². The summed E-state index contributed by atoms with van der Waals surface area (Å²) >= 11 is 18.1. The van der Waals surface area contributed by atoms with Crippen LogP contribution in [0.1, 0.15) is 5.56 Å². The highest BCUT2D eigenvalue weighted by atomic mass is 35.5. The molecule has 2 nitrogen and oxygen atoms in total. The van der Waals surface area contributed by atoms with Crippen molar-refractivity contribution >= 4 is 40.5 Å². The first-order valence-electron chi connectivity index (χ1n) is 5.35. The largest absolute Gasteiger partial charge is 0.321 e. The van der Waals surface area contributed by atoms with E-state index in [4.69, 9.17) is 34.8 Å². The third-order valence-electron chi connectivity index (χ3n) is 2.41. The highest BCUT2D eigenvalue weighted by Crippen LogP contribution is 2.31. The number of para-hydroxylation sites is 1. The Balaban J connectivity index is 2.01. The van der Waals surface area contributed by atoms with Crippen molar-refractivity contribution in [2.45, 2.75) is 6.54 Å². The van der Waals surface area contributed by atoms with Gasteiger partial charge >= 0.3 is 0 Å². The van der Waals surface area contributed by atoms with Crippen LogP contribution in [0.4, 0.5) is 5.69 Å². The lowest BCUT2D eigenvalue weighted by molar-refractivity contribution is 0.802. The highest BCUT2D eigenvalue weighted by Gasteiger charge is 2.08. The zero-order valence-corrected chi connectivity index (χ0v) is 11.7. The average Bonchev–Trinajstić information content (AvgIpc) is 2.39. The van der Waals surface area contributed by atoms with Gasteiger partial charge < -0.3 is 5.43 Å². The lowest BCUT2D eigenvalue weighted by Crippen LogP contribution is -2.21. The molecule has 2 aromatic rings. The monoisotopic (exact) mass is 300 g/mol. The molecule has 0 aliphatic carbocycles. The summed E-state index contributed by atoms with van der Waals surface area (Å²) in [6, 6.07) is 13.2. The van der Waals surface area contributed by atoms with Crippen molar-refractivity contribution in [3.05, 3.63) is 63.1 Å². The van der Waals surface area contributed by atoms with Crippen LogP contribution in [-0.4, -0.2) is 0 Å². The maximum atomic E-state index is 6.10. The summed E-state index contributed by atoms with van der Waals surface area (Å²) in [5.41, 5.74) is 7.84. The fraction of sp³-hybridized carbons (Fsp3) is 0.0769. The van der Waals surface area contributed by atoms with Gasteiger partial charge in [-0.1, -0.05) is 53.0 Å². The van der Waals surface area contributed by atoms with Gasteiger partial charge in [-0.15, -0.1) is 0 Å². The predicted octanol–water partition coefficient (Wildman–Crippen LogP) is 4.76. The molecule has 2 aromatic carbocycles. The summed E-state index contributed by atoms with van der Waals surface area (Å²) < 4.78 is 0. The molecule has 0 bridgehead atoms. The van der Waals surface area contributed by atoms with Crippen LogP contribution < -0.4 is 10.9 Å². The van der Waals surface area contributed by atoms with Gasteiger partial charge in [-0.2, -0.15) is 0 Å². The SMILES string of the molecule is Clc1ccc(Cl)c(CNNc2ccccc2)c1Cl. The van der Waals surface area contributed by atoms with E-state index in [1.807, 2.05) is 30.3 Å². The number of benzene rings is 2. The number of halogens is 3. The molecular formula is C13H11Cl3N2. The van der Waals surface area contributed by atoms with E-state index in [2.05, 4.69) is 10.9 Å². The van der Waals surface area contributed by atoms with Gasteiger partial charge in [0, 0.05) is 22.8 Å². The van der Waals surface area contributed by atoms with Gasteiger partial charge in [-0.3, -0.25) is 0 Å². The first kappa shape index (κ1) is 13.5. The van der Waals surface area contributed by atoms with E-state index in [0.717, 1.165) is 11.3 Å². The molecule has 0 radical (unpaired) electrons. The maximum absolute atomic E-state index is 6.10. The predicted molar refractivity (Wildman–Crippen MR) is 78.4 cm³/mol. The third kappa shape index (κ3) is 3.30. The summed E-state index contributed by atoms with van der Waals surface area (Å²) in [4.78, 5) is 0. The van der Waals surface area contributed by atoms with E-state index in [0.29, 0.717) is 21.6 Å². The molecule has 0 saturated heterocycles. The van der Waals surface area contributed by atoms with Gasteiger partial charge in [0.1, 0.15) is 0 Å². The van der Waals surface area contributed by atoms with Crippen LogP contribution in [-0.2, 0) is 6.54 Å². The number of nitrogens with one attached hydrogen (secondary N) is 2. The van der Waals surface area contributed by atoms with E-state index in [-0.39, 0.29) is 0 Å². The van der Waals surface area contributed by atoms with Crippen LogP contribution in [0.15, 0.2) is 42.5 Å². The van der Waals surface area contributed by atoms with E-state index >= 15 is 0 Å². The van der Waals surface area contributed by atoms with Crippen molar-refractivity contribution in [1.29, 1.82) is 0 Å². The molecule has 0 aromatic heterocycles. The molecule has 5 heteroatoms. The number of hydrazine groups is 1. The molecule has 0 saturated carbocycles. The Morgan fingerprint density at radius 1 is 0.833 bits per heavy atom. The summed E-state index contributed by atoms with van der Waals surface area (Å²) in [5.74, 6) is 0. The first-order valence-corrected chi connectivity index (χ1v) is 6.48. The number of anilines is 1. The standard InChI is InChI=1S/C13H11Cl3N2/c14-11-6-7-12(15)13(16)10(11)8-17-18-9-4-2-1-3-5-9/h1-7,17-18H,8H2. The normalized spacial score (nSPS) is 10.4. The number of hydrogen-bond donors (Lipinski definition) is 2. The van der Waals surface area contributed by atoms with Crippen molar-refractivity contribution in [1.82, 2.24) is 5.43 Å². The summed E-state index contributed by atoms with van der Waals surface area (Å²) in [6.45, 7) is 0.479. The second-order valence-corrected chi connectivity index (χ2v) is 4.86. The number of hydrogen-bond acceptors (Lipinski definition) is 2. The van der Waals surface area contributed by atoms with Gasteiger partial charge in [-0.05, 0) is 24.3 Å². The smallest absolute Gasteiger partial charge is 0.0652 e. The van der Waals surface area contributed by atoms with Gasteiger partial charge in [0.05, 0.1) is 10.0 Å². The topological polar surface area (TPSA) is 24.1 Å². The molecule has 0 heterocycles. The van der Waals surface area contributed by atoms with Gasteiger partial charge in [-0.25, -0.2) is 5.43 Å². The maximum Gasteiger partial charge on any atom is 0.0652 e. The van der Waals surface area contributed by atoms with E-state index in [1.54, 1.807) is 12.1 Å². The second-order valence-electron chi connectivity index (χ2n) is 3.67. The van der Waals surface area contributed by atoms with Gasteiger partial charge in [0.25, 0.3) is 0 Å². The summed E-state index contributed by atoms with van der Waals surface area (Å²) in [5, 5.41) is 1.57. The lowest BCUT2D eigenvalue weighted by atomic mass is 10.2. The minimum atomic E-state index is 0.478. The minimum absolute atomic E-state index is 0.478. The molecule has 0 atom stereocenters. The molecular weight excluding hydrogens is 291 g/mol. The Bertz CT molecular complexity index is 529. The zero-order valence-electron chi connectivity index (χ0n) is 9.38. The molecule has 0 aliphatic heterocycles. The molecule has 2 N–H and O–H groups in total. The van der Waals surface area contributed by atoms with Crippen LogP contribution >= 0.6 is 34.8 Å². The zero-order chi connectivity index (χ0) is 13.0. The van der Waals surface area contributed by atoms with Gasteiger partial charge in [0.15, 0.2) is 0 Å². The molecule has 0 unspecified atom stereocenters. The quantitative estimate of drug-likeness (QED) is 0.628. The molecule has 94 valence electrons. The molecule has 18 heavy (non-hydrogen) atoms. The molecule has 0 amide bonds. The van der Waals surface area contributed by atoms with E-state index in [9.17, 15) is 0 Å². The summed E-state index contributed by atoms with van der Waals surface area (Å²) in [6.07, 6.45) is 0. The Morgan fingerprint density at radius 3 is 2.22 bits per heavy atom. The Hall–Kier alpha value is -0.930. The molecule has 0 aliphatic rings. The Kier molecular flexibility index (Phi) is 4.72. The Labute approximate surface area is 121 Å². The molecule has 0 fully saturated rings. The van der Waals surface area contributed by atoms with Crippen LogP contribution in [0.3, 0.4) is 0 Å². The Morgan fingerprint density at radius 2 is 1.50 bits per heavy atom. The van der Waals surface area contributed by atoms with E-state index < -0.39 is 0 Å². The van der Waals surface area contributed by atoms with Crippen molar-refractivity contribution in [2.24, 2.45) is 0 Å². The van der Waals surface area contributed by atoms with Crippen LogP contribution in [0, 0.1) is 0 Å². The minimum Gasteiger partial charge on any atom is -0.321 e. The van der Waals surface area contributed by atoms with Crippen molar-refractivity contribution in [3.8, 4) is 0 Å². The fourth-order valence-corrected chi connectivity index (χ4v) is 2.17. The second kappa shape index (κ2) is 6.30. The summed E-state index contributed by atoms with van der Waals surface area (Å²) in [7, 11) is 0. The average molecular weight is 302 g/mol. The highest BCUT2D eigenvalue weighted by molar-refractivity contribution is 6.44. The third-order valence-corrected chi connectivity index (χ3v) is 3.61. The van der Waals surface area contributed by atoms with Crippen molar-refractivity contribution < 1.29 is 0 Å². The van der Waals surface area contributed by atoms with Crippen molar-refractivity contribution in [2.75, 3.05) is 5.43 Å². The molecule has 2 rings (SSSR count).